The Morgan fingerprint density at radius 3 is 2.95 bits per heavy atom. The minimum absolute atomic E-state index is 0.142. The molecule has 0 bridgehead atoms. The Balaban J connectivity index is 1.57. The number of rotatable bonds is 5. The molecule has 6 heteroatoms. The van der Waals surface area contributed by atoms with E-state index in [0.717, 1.165) is 38.4 Å². The van der Waals surface area contributed by atoms with Gasteiger partial charge in [-0.05, 0) is 11.6 Å². The molecule has 0 spiro atoms. The van der Waals surface area contributed by atoms with E-state index in [1.807, 2.05) is 12.1 Å². The van der Waals surface area contributed by atoms with E-state index in [-0.39, 0.29) is 6.03 Å². The molecule has 104 valence electrons. The van der Waals surface area contributed by atoms with Crippen LogP contribution in [0.4, 0.5) is 4.79 Å². The van der Waals surface area contributed by atoms with Crippen LogP contribution in [0.3, 0.4) is 0 Å². The molecule has 0 atom stereocenters. The van der Waals surface area contributed by atoms with E-state index in [4.69, 9.17) is 4.74 Å². The van der Waals surface area contributed by atoms with Crippen LogP contribution >= 0.6 is 0 Å². The number of urea groups is 1. The zero-order chi connectivity index (χ0) is 13.3. The number of morpholine rings is 1. The topological polar surface area (TPSA) is 66.5 Å². The van der Waals surface area contributed by atoms with E-state index < -0.39 is 0 Å². The van der Waals surface area contributed by atoms with Crippen molar-refractivity contribution in [3.8, 4) is 0 Å². The summed E-state index contributed by atoms with van der Waals surface area (Å²) in [5.74, 6) is 0. The van der Waals surface area contributed by atoms with Crippen molar-refractivity contribution in [2.45, 2.75) is 6.54 Å². The van der Waals surface area contributed by atoms with Crippen LogP contribution in [0.5, 0.6) is 0 Å². The lowest BCUT2D eigenvalue weighted by Crippen LogP contribution is -2.43. The molecule has 1 aromatic rings. The van der Waals surface area contributed by atoms with Gasteiger partial charge in [-0.25, -0.2) is 4.79 Å². The van der Waals surface area contributed by atoms with Crippen LogP contribution in [-0.4, -0.2) is 55.3 Å². The molecule has 2 rings (SSSR count). The van der Waals surface area contributed by atoms with E-state index in [0.29, 0.717) is 13.1 Å². The maximum atomic E-state index is 11.6. The van der Waals surface area contributed by atoms with Crippen molar-refractivity contribution < 1.29 is 9.53 Å². The number of carbonyl (C=O) groups is 1. The lowest BCUT2D eigenvalue weighted by atomic mass is 10.3. The highest BCUT2D eigenvalue weighted by Gasteiger charge is 2.09. The lowest BCUT2D eigenvalue weighted by Gasteiger charge is -2.26. The Morgan fingerprint density at radius 1 is 1.37 bits per heavy atom. The van der Waals surface area contributed by atoms with Crippen molar-refractivity contribution in [2.24, 2.45) is 0 Å². The largest absolute Gasteiger partial charge is 0.379 e. The molecular formula is C13H20N4O2. The molecule has 2 amide bonds. The third-order valence-corrected chi connectivity index (χ3v) is 2.99. The first-order chi connectivity index (χ1) is 9.34. The summed E-state index contributed by atoms with van der Waals surface area (Å²) in [6.45, 7) is 5.47. The van der Waals surface area contributed by atoms with Crippen LogP contribution in [0.1, 0.15) is 5.56 Å². The van der Waals surface area contributed by atoms with Gasteiger partial charge < -0.3 is 15.4 Å². The fraction of sp³-hybridized carbons (Fsp3) is 0.538. The van der Waals surface area contributed by atoms with Crippen molar-refractivity contribution >= 4 is 6.03 Å². The monoisotopic (exact) mass is 264 g/mol. The molecule has 1 aromatic heterocycles. The number of aromatic nitrogens is 1. The molecule has 0 aromatic carbocycles. The highest BCUT2D eigenvalue weighted by Crippen LogP contribution is 1.95. The van der Waals surface area contributed by atoms with E-state index >= 15 is 0 Å². The van der Waals surface area contributed by atoms with Crippen molar-refractivity contribution in [3.63, 3.8) is 0 Å². The molecule has 0 aliphatic carbocycles. The Kier molecular flexibility index (Phi) is 5.58. The first-order valence-electron chi connectivity index (χ1n) is 6.55. The predicted molar refractivity (Wildman–Crippen MR) is 71.7 cm³/mol. The first kappa shape index (κ1) is 13.8. The van der Waals surface area contributed by atoms with Gasteiger partial charge in [0.1, 0.15) is 0 Å². The molecule has 6 nitrogen and oxygen atoms in total. The maximum absolute atomic E-state index is 11.6. The van der Waals surface area contributed by atoms with Gasteiger partial charge in [0.05, 0.1) is 13.2 Å². The molecule has 1 fully saturated rings. The summed E-state index contributed by atoms with van der Waals surface area (Å²) in [6.07, 6.45) is 3.46. The lowest BCUT2D eigenvalue weighted by molar-refractivity contribution is 0.0387. The molecule has 0 unspecified atom stereocenters. The number of nitrogens with one attached hydrogen (secondary N) is 2. The summed E-state index contributed by atoms with van der Waals surface area (Å²) in [4.78, 5) is 17.9. The first-order valence-corrected chi connectivity index (χ1v) is 6.55. The predicted octanol–water partition coefficient (Wildman–Crippen LogP) is 0.213. The summed E-state index contributed by atoms with van der Waals surface area (Å²) in [7, 11) is 0. The number of nitrogens with zero attached hydrogens (tertiary/aromatic N) is 2. The molecule has 0 saturated carbocycles. The van der Waals surface area contributed by atoms with E-state index in [9.17, 15) is 4.79 Å². The summed E-state index contributed by atoms with van der Waals surface area (Å²) in [5, 5.41) is 5.65. The zero-order valence-electron chi connectivity index (χ0n) is 11.0. The van der Waals surface area contributed by atoms with Gasteiger partial charge in [-0.15, -0.1) is 0 Å². The standard InChI is InChI=1S/C13H20N4O2/c18-13(16-11-12-2-1-3-14-10-12)15-4-5-17-6-8-19-9-7-17/h1-3,10H,4-9,11H2,(H2,15,16,18). The number of hydrogen-bond acceptors (Lipinski definition) is 4. The normalized spacial score (nSPS) is 16.0. The van der Waals surface area contributed by atoms with Gasteiger partial charge in [0.2, 0.25) is 0 Å². The number of ether oxygens (including phenoxy) is 1. The fourth-order valence-electron chi connectivity index (χ4n) is 1.90. The molecule has 1 aliphatic heterocycles. The van der Waals surface area contributed by atoms with Crippen molar-refractivity contribution in [1.29, 1.82) is 0 Å². The van der Waals surface area contributed by atoms with Crippen molar-refractivity contribution in [1.82, 2.24) is 20.5 Å². The van der Waals surface area contributed by atoms with Crippen LogP contribution in [-0.2, 0) is 11.3 Å². The minimum Gasteiger partial charge on any atom is -0.379 e. The van der Waals surface area contributed by atoms with Crippen molar-refractivity contribution in [2.75, 3.05) is 39.4 Å². The third kappa shape index (κ3) is 5.23. The molecule has 1 saturated heterocycles. The fourth-order valence-corrected chi connectivity index (χ4v) is 1.90. The van der Waals surface area contributed by atoms with Gasteiger partial charge in [-0.2, -0.15) is 0 Å². The number of carbonyl (C=O) groups excluding carboxylic acids is 1. The van der Waals surface area contributed by atoms with Gasteiger partial charge in [0.25, 0.3) is 0 Å². The zero-order valence-corrected chi connectivity index (χ0v) is 11.0. The second kappa shape index (κ2) is 7.70. The smallest absolute Gasteiger partial charge is 0.315 e. The van der Waals surface area contributed by atoms with E-state index in [1.165, 1.54) is 0 Å². The average molecular weight is 264 g/mol. The summed E-state index contributed by atoms with van der Waals surface area (Å²) < 4.78 is 5.27. The second-order valence-electron chi connectivity index (χ2n) is 4.42. The summed E-state index contributed by atoms with van der Waals surface area (Å²) in [6, 6.07) is 3.64. The minimum atomic E-state index is -0.142. The Labute approximate surface area is 113 Å². The van der Waals surface area contributed by atoms with E-state index in [2.05, 4.69) is 20.5 Å². The Morgan fingerprint density at radius 2 is 2.21 bits per heavy atom. The Bertz CT molecular complexity index is 379. The maximum Gasteiger partial charge on any atom is 0.315 e. The highest BCUT2D eigenvalue weighted by atomic mass is 16.5. The SMILES string of the molecule is O=C(NCCN1CCOCC1)NCc1cccnc1. The molecule has 1 aliphatic rings. The van der Waals surface area contributed by atoms with Crippen molar-refractivity contribution in [3.05, 3.63) is 30.1 Å². The average Bonchev–Trinajstić information content (AvgIpc) is 2.47. The Hall–Kier alpha value is -1.66. The molecule has 19 heavy (non-hydrogen) atoms. The highest BCUT2D eigenvalue weighted by molar-refractivity contribution is 5.73. The second-order valence-corrected chi connectivity index (χ2v) is 4.42. The molecular weight excluding hydrogens is 244 g/mol. The van der Waals surface area contributed by atoms with Gasteiger partial charge in [0, 0.05) is 45.1 Å². The van der Waals surface area contributed by atoms with Gasteiger partial charge in [-0.3, -0.25) is 9.88 Å². The number of amides is 2. The summed E-state index contributed by atoms with van der Waals surface area (Å²) in [5.41, 5.74) is 0.992. The van der Waals surface area contributed by atoms with Crippen LogP contribution in [0, 0.1) is 0 Å². The van der Waals surface area contributed by atoms with Crippen LogP contribution < -0.4 is 10.6 Å². The van der Waals surface area contributed by atoms with Crippen LogP contribution in [0.2, 0.25) is 0 Å². The van der Waals surface area contributed by atoms with Gasteiger partial charge >= 0.3 is 6.03 Å². The number of pyridine rings is 1. The quantitative estimate of drug-likeness (QED) is 0.798. The van der Waals surface area contributed by atoms with Crippen LogP contribution in [0.15, 0.2) is 24.5 Å². The molecule has 2 N–H and O–H groups in total. The molecule has 0 radical (unpaired) electrons. The third-order valence-electron chi connectivity index (χ3n) is 2.99. The number of hydrogen-bond donors (Lipinski definition) is 2. The van der Waals surface area contributed by atoms with Gasteiger partial charge in [-0.1, -0.05) is 6.07 Å². The van der Waals surface area contributed by atoms with Gasteiger partial charge in [0.15, 0.2) is 0 Å². The molecule has 2 heterocycles. The van der Waals surface area contributed by atoms with Crippen LogP contribution in [0.25, 0.3) is 0 Å². The van der Waals surface area contributed by atoms with E-state index in [1.54, 1.807) is 12.4 Å². The summed E-state index contributed by atoms with van der Waals surface area (Å²) >= 11 is 0.